The highest BCUT2D eigenvalue weighted by Gasteiger charge is 2.15. The molecule has 14 heavy (non-hydrogen) atoms. The molecule has 0 atom stereocenters. The summed E-state index contributed by atoms with van der Waals surface area (Å²) in [5.41, 5.74) is 8.08. The van der Waals surface area contributed by atoms with Crippen molar-refractivity contribution in [3.05, 3.63) is 37.6 Å². The van der Waals surface area contributed by atoms with E-state index in [4.69, 9.17) is 5.53 Å². The van der Waals surface area contributed by atoms with Crippen molar-refractivity contribution in [3.8, 4) is 0 Å². The quantitative estimate of drug-likeness (QED) is 0.470. The van der Waals surface area contributed by atoms with Crippen molar-refractivity contribution in [1.82, 2.24) is 0 Å². The lowest BCUT2D eigenvalue weighted by Crippen LogP contribution is -1.96. The first kappa shape index (κ1) is 11.5. The zero-order valence-electron chi connectivity index (χ0n) is 6.55. The molecule has 0 radical (unpaired) electrons. The molecule has 0 saturated heterocycles. The number of hydrogen-bond acceptors (Lipinski definition) is 2. The number of benzene rings is 1. The van der Waals surface area contributed by atoms with Crippen LogP contribution in [0, 0.1) is 0 Å². The Kier molecular flexibility index (Phi) is 3.54. The second-order valence-electron chi connectivity index (χ2n) is 2.22. The van der Waals surface area contributed by atoms with Crippen molar-refractivity contribution in [2.45, 2.75) is 4.90 Å². The zero-order valence-corrected chi connectivity index (χ0v) is 10.5. The van der Waals surface area contributed by atoms with E-state index in [1.54, 1.807) is 12.1 Å². The molecule has 0 spiro atoms. The number of hydrogen-bond donors (Lipinski definition) is 0. The molecule has 0 aliphatic carbocycles. The first-order valence-electron chi connectivity index (χ1n) is 3.24. The molecule has 8 heteroatoms. The fourth-order valence-electron chi connectivity index (χ4n) is 0.767. The number of sulfonamides is 1. The van der Waals surface area contributed by atoms with E-state index in [0.29, 0.717) is 8.95 Å². The summed E-state index contributed by atoms with van der Waals surface area (Å²) in [5, 5.41) is 0. The summed E-state index contributed by atoms with van der Waals surface area (Å²) in [6.45, 7) is 0. The van der Waals surface area contributed by atoms with Crippen LogP contribution in [0.2, 0.25) is 0 Å². The molecule has 0 fully saturated rings. The number of rotatable bonds is 2. The third kappa shape index (κ3) is 2.48. The van der Waals surface area contributed by atoms with Crippen LogP contribution in [0.15, 0.2) is 36.6 Å². The molecular formula is C6H3Br2N3O2S. The van der Waals surface area contributed by atoms with Gasteiger partial charge in [0.05, 0.1) is 4.90 Å². The smallest absolute Gasteiger partial charge is 0.216 e. The van der Waals surface area contributed by atoms with Crippen LogP contribution in [0.5, 0.6) is 0 Å². The Morgan fingerprint density at radius 3 is 2.57 bits per heavy atom. The summed E-state index contributed by atoms with van der Waals surface area (Å²) in [7, 11) is -3.93. The van der Waals surface area contributed by atoms with Crippen LogP contribution in [-0.2, 0) is 10.0 Å². The Bertz CT molecular complexity index is 508. The van der Waals surface area contributed by atoms with E-state index in [0.717, 1.165) is 0 Å². The fraction of sp³-hybridized carbons (Fsp3) is 0. The number of azide groups is 1. The highest BCUT2D eigenvalue weighted by molar-refractivity contribution is 9.11. The lowest BCUT2D eigenvalue weighted by Gasteiger charge is -2.00. The standard InChI is InChI=1S/C6H3Br2N3O2S/c7-4-1-2-5(8)6(3-4)14(12,13)11-10-9/h1-3H. The first-order valence-corrected chi connectivity index (χ1v) is 6.26. The van der Waals surface area contributed by atoms with Crippen LogP contribution in [-0.4, -0.2) is 8.42 Å². The summed E-state index contributed by atoms with van der Waals surface area (Å²) < 4.78 is 26.3. The van der Waals surface area contributed by atoms with Gasteiger partial charge >= 0.3 is 0 Å². The van der Waals surface area contributed by atoms with Gasteiger partial charge in [-0.05, 0) is 39.7 Å². The first-order chi connectivity index (χ1) is 6.47. The van der Waals surface area contributed by atoms with Crippen LogP contribution >= 0.6 is 31.9 Å². The van der Waals surface area contributed by atoms with Crippen molar-refractivity contribution in [2.75, 3.05) is 0 Å². The van der Waals surface area contributed by atoms with Gasteiger partial charge in [-0.2, -0.15) is 0 Å². The third-order valence-corrected chi connectivity index (χ3v) is 3.94. The maximum atomic E-state index is 11.3. The summed E-state index contributed by atoms with van der Waals surface area (Å²) in [6.07, 6.45) is 0. The molecule has 0 saturated carbocycles. The molecule has 0 aliphatic rings. The van der Waals surface area contributed by atoms with Gasteiger partial charge in [0, 0.05) is 18.4 Å². The van der Waals surface area contributed by atoms with Crippen molar-refractivity contribution in [1.29, 1.82) is 0 Å². The molecule has 0 heterocycles. The molecule has 5 nitrogen and oxygen atoms in total. The van der Waals surface area contributed by atoms with Crippen LogP contribution in [0.1, 0.15) is 0 Å². The molecule has 74 valence electrons. The Hall–Kier alpha value is -0.560. The van der Waals surface area contributed by atoms with Gasteiger partial charge in [0.25, 0.3) is 10.0 Å². The van der Waals surface area contributed by atoms with Crippen LogP contribution in [0.3, 0.4) is 0 Å². The maximum absolute atomic E-state index is 11.3. The average molecular weight is 341 g/mol. The molecule has 1 aromatic carbocycles. The average Bonchev–Trinajstić information content (AvgIpc) is 2.09. The molecular weight excluding hydrogens is 338 g/mol. The van der Waals surface area contributed by atoms with Gasteiger partial charge in [0.2, 0.25) is 0 Å². The Balaban J connectivity index is 3.46. The van der Waals surface area contributed by atoms with Gasteiger partial charge in [0.15, 0.2) is 0 Å². The van der Waals surface area contributed by atoms with E-state index in [1.165, 1.54) is 6.07 Å². The van der Waals surface area contributed by atoms with Crippen molar-refractivity contribution >= 4 is 41.9 Å². The molecule has 1 rings (SSSR count). The second-order valence-corrected chi connectivity index (χ2v) is 5.54. The largest absolute Gasteiger partial charge is 0.265 e. The second kappa shape index (κ2) is 4.31. The van der Waals surface area contributed by atoms with E-state index in [1.807, 2.05) is 0 Å². The van der Waals surface area contributed by atoms with Crippen LogP contribution in [0.4, 0.5) is 0 Å². The van der Waals surface area contributed by atoms with E-state index in [9.17, 15) is 8.42 Å². The molecule has 0 aromatic heterocycles. The Labute approximate surface area is 97.1 Å². The highest BCUT2D eigenvalue weighted by Crippen LogP contribution is 2.26. The number of nitrogens with zero attached hydrogens (tertiary/aromatic N) is 3. The normalized spacial score (nSPS) is 10.7. The van der Waals surface area contributed by atoms with Gasteiger partial charge in [-0.1, -0.05) is 15.9 Å². The fourth-order valence-corrected chi connectivity index (χ4v) is 2.91. The van der Waals surface area contributed by atoms with Gasteiger partial charge in [0.1, 0.15) is 0 Å². The molecule has 0 unspecified atom stereocenters. The van der Waals surface area contributed by atoms with E-state index in [2.05, 4.69) is 41.3 Å². The predicted octanol–water partition coefficient (Wildman–Crippen LogP) is 3.21. The lowest BCUT2D eigenvalue weighted by atomic mass is 10.4. The minimum atomic E-state index is -3.93. The molecule has 0 N–H and O–H groups in total. The van der Waals surface area contributed by atoms with Gasteiger partial charge in [-0.15, -0.1) is 0 Å². The van der Waals surface area contributed by atoms with Gasteiger partial charge in [-0.3, -0.25) is 0 Å². The summed E-state index contributed by atoms with van der Waals surface area (Å²) in [6, 6.07) is 4.57. The monoisotopic (exact) mass is 339 g/mol. The molecule has 0 bridgehead atoms. The van der Waals surface area contributed by atoms with Gasteiger partial charge < -0.3 is 0 Å². The van der Waals surface area contributed by atoms with Gasteiger partial charge in [-0.25, -0.2) is 8.42 Å². The predicted molar refractivity (Wildman–Crippen MR) is 58.2 cm³/mol. The highest BCUT2D eigenvalue weighted by atomic mass is 79.9. The van der Waals surface area contributed by atoms with E-state index >= 15 is 0 Å². The molecule has 1 aromatic rings. The Morgan fingerprint density at radius 2 is 2.00 bits per heavy atom. The van der Waals surface area contributed by atoms with Crippen LogP contribution in [0.25, 0.3) is 10.4 Å². The van der Waals surface area contributed by atoms with Crippen LogP contribution < -0.4 is 0 Å². The maximum Gasteiger partial charge on any atom is 0.265 e. The summed E-state index contributed by atoms with van der Waals surface area (Å²) in [4.78, 5) is 2.19. The SMILES string of the molecule is [N-]=[N+]=NS(=O)(=O)c1cc(Br)ccc1Br. The lowest BCUT2D eigenvalue weighted by molar-refractivity contribution is 0.597. The zero-order chi connectivity index (χ0) is 10.8. The minimum Gasteiger partial charge on any atom is -0.216 e. The molecule has 0 amide bonds. The van der Waals surface area contributed by atoms with E-state index < -0.39 is 10.0 Å². The Morgan fingerprint density at radius 1 is 1.36 bits per heavy atom. The third-order valence-electron chi connectivity index (χ3n) is 1.32. The summed E-state index contributed by atoms with van der Waals surface area (Å²) >= 11 is 6.17. The number of halogens is 2. The van der Waals surface area contributed by atoms with Crippen molar-refractivity contribution in [2.24, 2.45) is 4.52 Å². The minimum absolute atomic E-state index is 0.0651. The summed E-state index contributed by atoms with van der Waals surface area (Å²) in [5.74, 6) is 0. The van der Waals surface area contributed by atoms with Crippen molar-refractivity contribution in [3.63, 3.8) is 0 Å². The van der Waals surface area contributed by atoms with E-state index in [-0.39, 0.29) is 4.90 Å². The molecule has 0 aliphatic heterocycles. The van der Waals surface area contributed by atoms with Crippen molar-refractivity contribution < 1.29 is 8.42 Å². The topological polar surface area (TPSA) is 82.9 Å².